The van der Waals surface area contributed by atoms with Gasteiger partial charge in [0.2, 0.25) is 17.7 Å². The first-order valence-electron chi connectivity index (χ1n) is 7.47. The van der Waals surface area contributed by atoms with E-state index in [1.807, 2.05) is 12.1 Å². The summed E-state index contributed by atoms with van der Waals surface area (Å²) in [6.07, 6.45) is 3.49. The average Bonchev–Trinajstić information content (AvgIpc) is 2.75. The number of anilines is 1. The molecule has 0 bridgehead atoms. The van der Waals surface area contributed by atoms with Crippen molar-refractivity contribution >= 4 is 39.3 Å². The van der Waals surface area contributed by atoms with Crippen molar-refractivity contribution in [3.63, 3.8) is 0 Å². The summed E-state index contributed by atoms with van der Waals surface area (Å²) in [5.74, 6) is -1.14. The van der Waals surface area contributed by atoms with Crippen LogP contribution in [0.15, 0.2) is 28.7 Å². The van der Waals surface area contributed by atoms with Gasteiger partial charge in [0, 0.05) is 4.47 Å². The van der Waals surface area contributed by atoms with Crippen LogP contribution < -0.4 is 5.32 Å². The Labute approximate surface area is 137 Å². The largest absolute Gasteiger partial charge is 0.324 e. The number of fused-ring (bicyclic) bond motifs is 1. The van der Waals surface area contributed by atoms with E-state index in [0.717, 1.165) is 35.1 Å². The van der Waals surface area contributed by atoms with E-state index < -0.39 is 0 Å². The van der Waals surface area contributed by atoms with Crippen molar-refractivity contribution in [3.05, 3.63) is 28.7 Å². The van der Waals surface area contributed by atoms with Crippen LogP contribution in [0.4, 0.5) is 5.69 Å². The van der Waals surface area contributed by atoms with E-state index >= 15 is 0 Å². The fraction of sp³-hybridized carbons (Fsp3) is 0.438. The number of hydrogen-bond acceptors (Lipinski definition) is 3. The number of imide groups is 1. The molecule has 116 valence electrons. The predicted octanol–water partition coefficient (Wildman–Crippen LogP) is 2.56. The van der Waals surface area contributed by atoms with E-state index in [4.69, 9.17) is 0 Å². The minimum Gasteiger partial charge on any atom is -0.324 e. The quantitative estimate of drug-likeness (QED) is 0.838. The van der Waals surface area contributed by atoms with Crippen LogP contribution in [-0.4, -0.2) is 29.2 Å². The number of amides is 3. The summed E-state index contributed by atoms with van der Waals surface area (Å²) < 4.78 is 0.760. The van der Waals surface area contributed by atoms with Crippen molar-refractivity contribution in [3.8, 4) is 0 Å². The number of carbonyl (C=O) groups is 3. The second kappa shape index (κ2) is 6.20. The van der Waals surface area contributed by atoms with Gasteiger partial charge in [-0.1, -0.05) is 25.0 Å². The third kappa shape index (κ3) is 2.79. The SMILES string of the molecule is O=C(CN1C(=O)[C@@H]2CCCC[C@H]2C1=O)Nc1ccccc1Br. The predicted molar refractivity (Wildman–Crippen MR) is 84.9 cm³/mol. The fourth-order valence-corrected chi connectivity index (χ4v) is 3.67. The molecule has 2 aliphatic rings. The zero-order valence-corrected chi connectivity index (χ0v) is 13.6. The minimum atomic E-state index is -0.354. The number of carbonyl (C=O) groups excluding carboxylic acids is 3. The first kappa shape index (κ1) is 15.2. The molecular weight excluding hydrogens is 348 g/mol. The van der Waals surface area contributed by atoms with Gasteiger partial charge in [0.15, 0.2) is 0 Å². The second-order valence-electron chi connectivity index (χ2n) is 5.79. The zero-order valence-electron chi connectivity index (χ0n) is 12.0. The summed E-state index contributed by atoms with van der Waals surface area (Å²) in [5, 5.41) is 2.73. The maximum absolute atomic E-state index is 12.3. The van der Waals surface area contributed by atoms with Crippen molar-refractivity contribution in [1.29, 1.82) is 0 Å². The van der Waals surface area contributed by atoms with Gasteiger partial charge < -0.3 is 5.32 Å². The van der Waals surface area contributed by atoms with Gasteiger partial charge in [-0.2, -0.15) is 0 Å². The molecule has 5 nitrogen and oxygen atoms in total. The highest BCUT2D eigenvalue weighted by Gasteiger charge is 2.48. The summed E-state index contributed by atoms with van der Waals surface area (Å²) in [5.41, 5.74) is 0.629. The molecule has 1 heterocycles. The molecule has 22 heavy (non-hydrogen) atoms. The van der Waals surface area contributed by atoms with E-state index in [0.29, 0.717) is 5.69 Å². The number of rotatable bonds is 3. The first-order valence-corrected chi connectivity index (χ1v) is 8.27. The molecule has 1 saturated heterocycles. The smallest absolute Gasteiger partial charge is 0.244 e. The molecule has 1 aliphatic heterocycles. The van der Waals surface area contributed by atoms with Gasteiger partial charge in [-0.25, -0.2) is 0 Å². The average molecular weight is 365 g/mol. The Morgan fingerprint density at radius 2 is 1.73 bits per heavy atom. The summed E-state index contributed by atoms with van der Waals surface area (Å²) >= 11 is 3.35. The Morgan fingerprint density at radius 1 is 1.14 bits per heavy atom. The molecule has 1 aliphatic carbocycles. The van der Waals surface area contributed by atoms with Crippen LogP contribution >= 0.6 is 15.9 Å². The van der Waals surface area contributed by atoms with Crippen LogP contribution in [0.5, 0.6) is 0 Å². The summed E-state index contributed by atoms with van der Waals surface area (Å²) in [4.78, 5) is 37.9. The van der Waals surface area contributed by atoms with E-state index in [1.165, 1.54) is 0 Å². The van der Waals surface area contributed by atoms with Gasteiger partial charge in [-0.3, -0.25) is 19.3 Å². The van der Waals surface area contributed by atoms with Crippen molar-refractivity contribution in [2.45, 2.75) is 25.7 Å². The number of benzene rings is 1. The molecule has 2 atom stereocenters. The third-order valence-corrected chi connectivity index (χ3v) is 5.07. The van der Waals surface area contributed by atoms with Crippen LogP contribution in [-0.2, 0) is 14.4 Å². The van der Waals surface area contributed by atoms with Crippen molar-refractivity contribution in [1.82, 2.24) is 4.90 Å². The second-order valence-corrected chi connectivity index (χ2v) is 6.64. The maximum Gasteiger partial charge on any atom is 0.244 e. The molecule has 1 aromatic carbocycles. The highest BCUT2D eigenvalue weighted by atomic mass is 79.9. The molecule has 6 heteroatoms. The van der Waals surface area contributed by atoms with Crippen LogP contribution in [0.2, 0.25) is 0 Å². The molecule has 2 fully saturated rings. The summed E-state index contributed by atoms with van der Waals surface area (Å²) in [6, 6.07) is 7.23. The topological polar surface area (TPSA) is 66.5 Å². The zero-order chi connectivity index (χ0) is 15.7. The molecule has 1 saturated carbocycles. The molecule has 0 aromatic heterocycles. The normalized spacial score (nSPS) is 24.3. The Hall–Kier alpha value is -1.69. The standard InChI is InChI=1S/C16H17BrN2O3/c17-12-7-3-4-8-13(12)18-14(20)9-19-15(21)10-5-1-2-6-11(10)16(19)22/h3-4,7-8,10-11H,1-2,5-6,9H2,(H,18,20)/t10-,11-/m1/s1. The van der Waals surface area contributed by atoms with Gasteiger partial charge in [-0.05, 0) is 40.9 Å². The molecule has 1 N–H and O–H groups in total. The Kier molecular flexibility index (Phi) is 4.29. The molecule has 0 spiro atoms. The van der Waals surface area contributed by atoms with Gasteiger partial charge in [0.05, 0.1) is 17.5 Å². The van der Waals surface area contributed by atoms with E-state index in [9.17, 15) is 14.4 Å². The maximum atomic E-state index is 12.3. The number of halogens is 1. The van der Waals surface area contributed by atoms with Crippen LogP contribution in [0, 0.1) is 11.8 Å². The van der Waals surface area contributed by atoms with Crippen LogP contribution in [0.1, 0.15) is 25.7 Å². The van der Waals surface area contributed by atoms with Gasteiger partial charge in [0.1, 0.15) is 6.54 Å². The van der Waals surface area contributed by atoms with Gasteiger partial charge in [0.25, 0.3) is 0 Å². The molecule has 3 amide bonds. The Balaban J connectivity index is 1.68. The van der Waals surface area contributed by atoms with E-state index in [-0.39, 0.29) is 36.1 Å². The minimum absolute atomic E-state index is 0.183. The Morgan fingerprint density at radius 3 is 2.32 bits per heavy atom. The van der Waals surface area contributed by atoms with E-state index in [2.05, 4.69) is 21.2 Å². The monoisotopic (exact) mass is 364 g/mol. The van der Waals surface area contributed by atoms with Crippen LogP contribution in [0.3, 0.4) is 0 Å². The lowest BCUT2D eigenvalue weighted by Crippen LogP contribution is -2.38. The third-order valence-electron chi connectivity index (χ3n) is 4.38. The molecule has 0 unspecified atom stereocenters. The number of hydrogen-bond donors (Lipinski definition) is 1. The summed E-state index contributed by atoms with van der Waals surface area (Å²) in [7, 11) is 0. The molecular formula is C16H17BrN2O3. The lowest BCUT2D eigenvalue weighted by atomic mass is 9.81. The van der Waals surface area contributed by atoms with Crippen LogP contribution in [0.25, 0.3) is 0 Å². The van der Waals surface area contributed by atoms with Crippen molar-refractivity contribution < 1.29 is 14.4 Å². The number of likely N-dealkylation sites (tertiary alicyclic amines) is 1. The highest BCUT2D eigenvalue weighted by molar-refractivity contribution is 9.10. The number of para-hydroxylation sites is 1. The lowest BCUT2D eigenvalue weighted by Gasteiger charge is -2.19. The Bertz CT molecular complexity index is 608. The van der Waals surface area contributed by atoms with Gasteiger partial charge in [-0.15, -0.1) is 0 Å². The molecule has 0 radical (unpaired) electrons. The van der Waals surface area contributed by atoms with E-state index in [1.54, 1.807) is 12.1 Å². The number of nitrogens with one attached hydrogen (secondary N) is 1. The van der Waals surface area contributed by atoms with Crippen molar-refractivity contribution in [2.75, 3.05) is 11.9 Å². The van der Waals surface area contributed by atoms with Gasteiger partial charge >= 0.3 is 0 Å². The first-order chi connectivity index (χ1) is 10.6. The fourth-order valence-electron chi connectivity index (χ4n) is 3.28. The molecule has 3 rings (SSSR count). The lowest BCUT2D eigenvalue weighted by molar-refractivity contribution is -0.142. The highest BCUT2D eigenvalue weighted by Crippen LogP contribution is 2.37. The van der Waals surface area contributed by atoms with Crippen molar-refractivity contribution in [2.24, 2.45) is 11.8 Å². The molecule has 1 aromatic rings. The number of nitrogens with zero attached hydrogens (tertiary/aromatic N) is 1. The summed E-state index contributed by atoms with van der Waals surface area (Å²) in [6.45, 7) is -0.202.